The zero-order valence-corrected chi connectivity index (χ0v) is 15.7. The fourth-order valence-electron chi connectivity index (χ4n) is 3.64. The Morgan fingerprint density at radius 2 is 1.67 bits per heavy atom. The molecule has 0 radical (unpaired) electrons. The summed E-state index contributed by atoms with van der Waals surface area (Å²) in [6.07, 6.45) is 6.98. The standard InChI is InChI=1S/C23H27NO3/c25-22(17-27-23(26)15-14-18-8-4-5-9-18)24-21-13-7-6-12-20(21)16-19-10-2-1-3-11-19/h1-3,6-7,10-13,18H,4-5,8-9,14-17H2,(H,24,25). The molecule has 1 aliphatic carbocycles. The predicted octanol–water partition coefficient (Wildman–Crippen LogP) is 4.73. The van der Waals surface area contributed by atoms with Crippen LogP contribution in [-0.4, -0.2) is 18.5 Å². The lowest BCUT2D eigenvalue weighted by Gasteiger charge is -2.12. The summed E-state index contributed by atoms with van der Waals surface area (Å²) in [6.45, 7) is -0.233. The molecular formula is C23H27NO3. The van der Waals surface area contributed by atoms with Crippen molar-refractivity contribution in [3.63, 3.8) is 0 Å². The Kier molecular flexibility index (Phi) is 7.03. The average Bonchev–Trinajstić information content (AvgIpc) is 3.21. The number of carbonyl (C=O) groups is 2. The fourth-order valence-corrected chi connectivity index (χ4v) is 3.64. The van der Waals surface area contributed by atoms with Crippen LogP contribution in [0.15, 0.2) is 54.6 Å². The lowest BCUT2D eigenvalue weighted by Crippen LogP contribution is -2.21. The molecule has 4 nitrogen and oxygen atoms in total. The minimum absolute atomic E-state index is 0.233. The molecule has 0 aromatic heterocycles. The van der Waals surface area contributed by atoms with Crippen LogP contribution in [0.3, 0.4) is 0 Å². The topological polar surface area (TPSA) is 55.4 Å². The Hall–Kier alpha value is -2.62. The third-order valence-corrected chi connectivity index (χ3v) is 5.12. The van der Waals surface area contributed by atoms with E-state index in [4.69, 9.17) is 4.74 Å². The highest BCUT2D eigenvalue weighted by Crippen LogP contribution is 2.28. The first-order valence-electron chi connectivity index (χ1n) is 9.78. The Morgan fingerprint density at radius 1 is 0.963 bits per heavy atom. The van der Waals surface area contributed by atoms with Crippen molar-refractivity contribution in [1.82, 2.24) is 0 Å². The predicted molar refractivity (Wildman–Crippen MR) is 106 cm³/mol. The Labute approximate surface area is 160 Å². The molecule has 1 aliphatic rings. The van der Waals surface area contributed by atoms with Crippen LogP contribution in [0.2, 0.25) is 0 Å². The van der Waals surface area contributed by atoms with Crippen molar-refractivity contribution in [2.24, 2.45) is 5.92 Å². The number of anilines is 1. The van der Waals surface area contributed by atoms with E-state index in [-0.39, 0.29) is 18.5 Å². The normalized spacial score (nSPS) is 14.1. The van der Waals surface area contributed by atoms with E-state index >= 15 is 0 Å². The van der Waals surface area contributed by atoms with Gasteiger partial charge in [-0.1, -0.05) is 74.2 Å². The summed E-state index contributed by atoms with van der Waals surface area (Å²) in [6, 6.07) is 17.8. The van der Waals surface area contributed by atoms with Gasteiger partial charge in [0.15, 0.2) is 6.61 Å². The summed E-state index contributed by atoms with van der Waals surface area (Å²) in [4.78, 5) is 24.1. The molecular weight excluding hydrogens is 338 g/mol. The van der Waals surface area contributed by atoms with Gasteiger partial charge < -0.3 is 10.1 Å². The second-order valence-corrected chi connectivity index (χ2v) is 7.22. The van der Waals surface area contributed by atoms with Crippen molar-refractivity contribution in [3.05, 3.63) is 65.7 Å². The number of ether oxygens (including phenoxy) is 1. The lowest BCUT2D eigenvalue weighted by molar-refractivity contribution is -0.147. The lowest BCUT2D eigenvalue weighted by atomic mass is 10.0. The van der Waals surface area contributed by atoms with E-state index in [1.165, 1.54) is 31.2 Å². The number of rotatable bonds is 8. The minimum Gasteiger partial charge on any atom is -0.456 e. The second-order valence-electron chi connectivity index (χ2n) is 7.22. The molecule has 0 unspecified atom stereocenters. The number of hydrogen-bond donors (Lipinski definition) is 1. The summed E-state index contributed by atoms with van der Waals surface area (Å²) in [5.41, 5.74) is 2.97. The summed E-state index contributed by atoms with van der Waals surface area (Å²) in [5.74, 6) is 0.0654. The number of nitrogens with one attached hydrogen (secondary N) is 1. The molecule has 2 aromatic rings. The van der Waals surface area contributed by atoms with Gasteiger partial charge in [0.1, 0.15) is 0 Å². The van der Waals surface area contributed by atoms with Crippen molar-refractivity contribution >= 4 is 17.6 Å². The number of amides is 1. The van der Waals surface area contributed by atoms with Crippen LogP contribution < -0.4 is 5.32 Å². The number of carbonyl (C=O) groups excluding carboxylic acids is 2. The number of benzene rings is 2. The molecule has 0 aliphatic heterocycles. The molecule has 0 heterocycles. The molecule has 1 amide bonds. The molecule has 142 valence electrons. The summed E-state index contributed by atoms with van der Waals surface area (Å²) < 4.78 is 5.14. The molecule has 0 spiro atoms. The molecule has 0 bridgehead atoms. The number of para-hydroxylation sites is 1. The molecule has 2 aromatic carbocycles. The monoisotopic (exact) mass is 365 g/mol. The maximum atomic E-state index is 12.2. The first kappa shape index (κ1) is 19.2. The number of hydrogen-bond acceptors (Lipinski definition) is 3. The van der Waals surface area contributed by atoms with Gasteiger partial charge in [0, 0.05) is 12.1 Å². The van der Waals surface area contributed by atoms with Crippen LogP contribution in [0.5, 0.6) is 0 Å². The Balaban J connectivity index is 1.46. The van der Waals surface area contributed by atoms with E-state index < -0.39 is 0 Å². The second kappa shape index (κ2) is 9.91. The van der Waals surface area contributed by atoms with Crippen LogP contribution >= 0.6 is 0 Å². The van der Waals surface area contributed by atoms with Crippen molar-refractivity contribution in [2.75, 3.05) is 11.9 Å². The van der Waals surface area contributed by atoms with Crippen LogP contribution in [0, 0.1) is 5.92 Å². The van der Waals surface area contributed by atoms with E-state index in [1.807, 2.05) is 42.5 Å². The molecule has 3 rings (SSSR count). The molecule has 27 heavy (non-hydrogen) atoms. The molecule has 4 heteroatoms. The SMILES string of the molecule is O=C(COC(=O)CCC1CCCC1)Nc1ccccc1Cc1ccccc1. The highest BCUT2D eigenvalue weighted by molar-refractivity contribution is 5.93. The van der Waals surface area contributed by atoms with Gasteiger partial charge in [0.25, 0.3) is 5.91 Å². The van der Waals surface area contributed by atoms with Crippen LogP contribution in [0.25, 0.3) is 0 Å². The van der Waals surface area contributed by atoms with E-state index in [9.17, 15) is 9.59 Å². The molecule has 0 atom stereocenters. The van der Waals surface area contributed by atoms with Gasteiger partial charge >= 0.3 is 5.97 Å². The average molecular weight is 365 g/mol. The van der Waals surface area contributed by atoms with Crippen molar-refractivity contribution in [1.29, 1.82) is 0 Å². The van der Waals surface area contributed by atoms with Crippen molar-refractivity contribution in [2.45, 2.75) is 44.9 Å². The Bertz CT molecular complexity index is 751. The maximum absolute atomic E-state index is 12.2. The van der Waals surface area contributed by atoms with E-state index in [2.05, 4.69) is 17.4 Å². The highest BCUT2D eigenvalue weighted by Gasteiger charge is 2.17. The summed E-state index contributed by atoms with van der Waals surface area (Å²) in [7, 11) is 0. The van der Waals surface area contributed by atoms with Gasteiger partial charge in [0.05, 0.1) is 0 Å². The third-order valence-electron chi connectivity index (χ3n) is 5.12. The van der Waals surface area contributed by atoms with Gasteiger partial charge in [0.2, 0.25) is 0 Å². The van der Waals surface area contributed by atoms with E-state index in [0.717, 1.165) is 24.1 Å². The van der Waals surface area contributed by atoms with Crippen LogP contribution in [0.4, 0.5) is 5.69 Å². The third kappa shape index (κ3) is 6.24. The maximum Gasteiger partial charge on any atom is 0.306 e. The zero-order chi connectivity index (χ0) is 18.9. The molecule has 1 fully saturated rings. The minimum atomic E-state index is -0.301. The van der Waals surface area contributed by atoms with Crippen LogP contribution in [-0.2, 0) is 20.7 Å². The van der Waals surface area contributed by atoms with Gasteiger partial charge in [-0.3, -0.25) is 9.59 Å². The quantitative estimate of drug-likeness (QED) is 0.688. The van der Waals surface area contributed by atoms with E-state index in [0.29, 0.717) is 12.3 Å². The first-order chi connectivity index (χ1) is 13.2. The Morgan fingerprint density at radius 3 is 2.44 bits per heavy atom. The van der Waals surface area contributed by atoms with Crippen molar-refractivity contribution in [3.8, 4) is 0 Å². The van der Waals surface area contributed by atoms with Crippen molar-refractivity contribution < 1.29 is 14.3 Å². The zero-order valence-electron chi connectivity index (χ0n) is 15.7. The van der Waals surface area contributed by atoms with Gasteiger partial charge in [-0.25, -0.2) is 0 Å². The molecule has 1 N–H and O–H groups in total. The fraction of sp³-hybridized carbons (Fsp3) is 0.391. The first-order valence-corrected chi connectivity index (χ1v) is 9.78. The van der Waals surface area contributed by atoms with Gasteiger partial charge in [-0.15, -0.1) is 0 Å². The summed E-state index contributed by atoms with van der Waals surface area (Å²) >= 11 is 0. The van der Waals surface area contributed by atoms with E-state index in [1.54, 1.807) is 0 Å². The smallest absolute Gasteiger partial charge is 0.306 e. The largest absolute Gasteiger partial charge is 0.456 e. The van der Waals surface area contributed by atoms with Crippen LogP contribution in [0.1, 0.15) is 49.7 Å². The summed E-state index contributed by atoms with van der Waals surface area (Å²) in [5, 5.41) is 2.87. The molecule has 0 saturated heterocycles. The molecule has 1 saturated carbocycles. The van der Waals surface area contributed by atoms with Gasteiger partial charge in [-0.2, -0.15) is 0 Å². The van der Waals surface area contributed by atoms with Gasteiger partial charge in [-0.05, 0) is 36.0 Å². The highest BCUT2D eigenvalue weighted by atomic mass is 16.5. The number of esters is 1.